The molecule has 0 aliphatic rings. The lowest BCUT2D eigenvalue weighted by atomic mass is 10.0. The summed E-state index contributed by atoms with van der Waals surface area (Å²) in [5, 5.41) is 10.4. The molecule has 0 saturated carbocycles. The Morgan fingerprint density at radius 1 is 1.31 bits per heavy atom. The van der Waals surface area contributed by atoms with E-state index in [9.17, 15) is 10.1 Å². The summed E-state index contributed by atoms with van der Waals surface area (Å²) in [4.78, 5) is 10.1. The Kier molecular flexibility index (Phi) is 4.10. The number of benzene rings is 1. The quantitative estimate of drug-likeness (QED) is 0.568. The number of rotatable bonds is 5. The summed E-state index contributed by atoms with van der Waals surface area (Å²) in [6, 6.07) is 5.34. The molecule has 0 aliphatic carbocycles. The molecule has 1 aromatic carbocycles. The van der Waals surface area contributed by atoms with Crippen LogP contribution in [0.4, 0.5) is 0 Å². The van der Waals surface area contributed by atoms with E-state index in [-0.39, 0.29) is 17.4 Å². The molecule has 1 atom stereocenters. The van der Waals surface area contributed by atoms with E-state index in [2.05, 4.69) is 0 Å². The zero-order valence-electron chi connectivity index (χ0n) is 9.60. The van der Waals surface area contributed by atoms with Crippen molar-refractivity contribution in [3.8, 4) is 11.5 Å². The Morgan fingerprint density at radius 3 is 2.44 bits per heavy atom. The van der Waals surface area contributed by atoms with Gasteiger partial charge in [-0.25, -0.2) is 0 Å². The average Bonchev–Trinajstić information content (AvgIpc) is 2.27. The molecule has 5 heteroatoms. The van der Waals surface area contributed by atoms with Gasteiger partial charge in [-0.3, -0.25) is 10.1 Å². The lowest BCUT2D eigenvalue weighted by Gasteiger charge is -2.12. The predicted octanol–water partition coefficient (Wildman–Crippen LogP) is 2.08. The van der Waals surface area contributed by atoms with Crippen LogP contribution in [0.15, 0.2) is 18.2 Å². The van der Waals surface area contributed by atoms with E-state index in [4.69, 9.17) is 9.47 Å². The van der Waals surface area contributed by atoms with Crippen molar-refractivity contribution >= 4 is 0 Å². The van der Waals surface area contributed by atoms with Crippen LogP contribution in [0.3, 0.4) is 0 Å². The number of nitrogens with zero attached hydrogens (tertiary/aromatic N) is 1. The van der Waals surface area contributed by atoms with E-state index in [0.717, 1.165) is 5.56 Å². The monoisotopic (exact) mass is 225 g/mol. The van der Waals surface area contributed by atoms with Crippen molar-refractivity contribution in [3.63, 3.8) is 0 Å². The highest BCUT2D eigenvalue weighted by Crippen LogP contribution is 2.30. The summed E-state index contributed by atoms with van der Waals surface area (Å²) in [5.74, 6) is 1.07. The topological polar surface area (TPSA) is 61.6 Å². The van der Waals surface area contributed by atoms with Crippen molar-refractivity contribution < 1.29 is 14.4 Å². The van der Waals surface area contributed by atoms with E-state index in [0.29, 0.717) is 11.5 Å². The summed E-state index contributed by atoms with van der Waals surface area (Å²) < 4.78 is 10.2. The van der Waals surface area contributed by atoms with E-state index in [1.165, 1.54) is 0 Å². The molecule has 0 N–H and O–H groups in total. The molecule has 1 aromatic rings. The number of ether oxygens (including phenoxy) is 2. The summed E-state index contributed by atoms with van der Waals surface area (Å²) >= 11 is 0. The Balaban J connectivity index is 2.93. The number of hydrogen-bond donors (Lipinski definition) is 0. The van der Waals surface area contributed by atoms with Crippen molar-refractivity contribution in [2.75, 3.05) is 20.8 Å². The van der Waals surface area contributed by atoms with Gasteiger partial charge in [0.05, 0.1) is 14.2 Å². The maximum atomic E-state index is 10.4. The van der Waals surface area contributed by atoms with Crippen molar-refractivity contribution in [2.45, 2.75) is 12.8 Å². The molecule has 16 heavy (non-hydrogen) atoms. The highest BCUT2D eigenvalue weighted by molar-refractivity contribution is 5.43. The fourth-order valence-corrected chi connectivity index (χ4v) is 1.49. The van der Waals surface area contributed by atoms with E-state index in [1.807, 2.05) is 13.0 Å². The molecule has 0 aliphatic heterocycles. The molecule has 88 valence electrons. The van der Waals surface area contributed by atoms with Gasteiger partial charge in [-0.15, -0.1) is 0 Å². The zero-order chi connectivity index (χ0) is 12.1. The molecule has 0 saturated heterocycles. The fraction of sp³-hybridized carbons (Fsp3) is 0.455. The normalized spacial score (nSPS) is 11.9. The van der Waals surface area contributed by atoms with Gasteiger partial charge in [0.15, 0.2) is 11.5 Å². The van der Waals surface area contributed by atoms with E-state index >= 15 is 0 Å². The standard InChI is InChI=1S/C11H15NO4/c1-8(7-12(13)14)9-4-5-10(15-2)11(6-9)16-3/h4-6,8H,7H2,1-3H3. The maximum Gasteiger partial charge on any atom is 0.210 e. The molecule has 5 nitrogen and oxygen atoms in total. The van der Waals surface area contributed by atoms with Crippen LogP contribution in [0.1, 0.15) is 18.4 Å². The first-order valence-corrected chi connectivity index (χ1v) is 4.92. The number of methoxy groups -OCH3 is 2. The zero-order valence-corrected chi connectivity index (χ0v) is 9.60. The van der Waals surface area contributed by atoms with Crippen LogP contribution in [-0.4, -0.2) is 25.7 Å². The van der Waals surface area contributed by atoms with Gasteiger partial charge >= 0.3 is 0 Å². The third-order valence-corrected chi connectivity index (χ3v) is 2.40. The Labute approximate surface area is 94.1 Å². The molecule has 0 amide bonds. The summed E-state index contributed by atoms with van der Waals surface area (Å²) in [7, 11) is 3.10. The SMILES string of the molecule is COc1ccc(C(C)C[N+](=O)[O-])cc1OC. The van der Waals surface area contributed by atoms with Crippen LogP contribution in [0.2, 0.25) is 0 Å². The molecule has 0 radical (unpaired) electrons. The molecule has 1 rings (SSSR count). The molecular formula is C11H15NO4. The van der Waals surface area contributed by atoms with Gasteiger partial charge in [0.2, 0.25) is 6.54 Å². The fourth-order valence-electron chi connectivity index (χ4n) is 1.49. The van der Waals surface area contributed by atoms with Crippen LogP contribution in [0, 0.1) is 10.1 Å². The Hall–Kier alpha value is -1.78. The Morgan fingerprint density at radius 2 is 1.94 bits per heavy atom. The highest BCUT2D eigenvalue weighted by atomic mass is 16.6. The second-order valence-corrected chi connectivity index (χ2v) is 3.53. The lowest BCUT2D eigenvalue weighted by molar-refractivity contribution is -0.482. The molecule has 0 aromatic heterocycles. The van der Waals surface area contributed by atoms with Gasteiger partial charge in [-0.05, 0) is 17.7 Å². The molecule has 1 unspecified atom stereocenters. The van der Waals surface area contributed by atoms with Gasteiger partial charge in [-0.2, -0.15) is 0 Å². The minimum Gasteiger partial charge on any atom is -0.493 e. The predicted molar refractivity (Wildman–Crippen MR) is 59.8 cm³/mol. The molecule has 0 heterocycles. The summed E-state index contributed by atoms with van der Waals surface area (Å²) in [6.45, 7) is 1.72. The van der Waals surface area contributed by atoms with Gasteiger partial charge < -0.3 is 9.47 Å². The second kappa shape index (κ2) is 5.34. The first kappa shape index (κ1) is 12.3. The lowest BCUT2D eigenvalue weighted by Crippen LogP contribution is -2.09. The summed E-state index contributed by atoms with van der Waals surface area (Å²) in [5.41, 5.74) is 0.870. The van der Waals surface area contributed by atoms with E-state index < -0.39 is 0 Å². The average molecular weight is 225 g/mol. The maximum absolute atomic E-state index is 10.4. The van der Waals surface area contributed by atoms with Gasteiger partial charge in [0.25, 0.3) is 0 Å². The largest absolute Gasteiger partial charge is 0.493 e. The molecular weight excluding hydrogens is 210 g/mol. The van der Waals surface area contributed by atoms with Crippen LogP contribution in [0.25, 0.3) is 0 Å². The van der Waals surface area contributed by atoms with Crippen molar-refractivity contribution in [1.82, 2.24) is 0 Å². The van der Waals surface area contributed by atoms with Gasteiger partial charge in [-0.1, -0.05) is 13.0 Å². The van der Waals surface area contributed by atoms with Crippen molar-refractivity contribution in [1.29, 1.82) is 0 Å². The van der Waals surface area contributed by atoms with E-state index in [1.54, 1.807) is 26.4 Å². The van der Waals surface area contributed by atoms with Crippen molar-refractivity contribution in [2.24, 2.45) is 0 Å². The second-order valence-electron chi connectivity index (χ2n) is 3.53. The minimum absolute atomic E-state index is 0.0878. The third kappa shape index (κ3) is 2.85. The summed E-state index contributed by atoms with van der Waals surface area (Å²) in [6.07, 6.45) is 0. The van der Waals surface area contributed by atoms with Crippen LogP contribution in [-0.2, 0) is 0 Å². The molecule has 0 spiro atoms. The minimum atomic E-state index is -0.318. The van der Waals surface area contributed by atoms with Crippen LogP contribution < -0.4 is 9.47 Å². The smallest absolute Gasteiger partial charge is 0.210 e. The Bertz CT molecular complexity index is 378. The third-order valence-electron chi connectivity index (χ3n) is 2.40. The first-order chi connectivity index (χ1) is 7.58. The highest BCUT2D eigenvalue weighted by Gasteiger charge is 2.14. The van der Waals surface area contributed by atoms with Gasteiger partial charge in [0, 0.05) is 10.8 Å². The van der Waals surface area contributed by atoms with Crippen molar-refractivity contribution in [3.05, 3.63) is 33.9 Å². The molecule has 0 bridgehead atoms. The van der Waals surface area contributed by atoms with Crippen LogP contribution >= 0.6 is 0 Å². The number of hydrogen-bond acceptors (Lipinski definition) is 4. The molecule has 0 fully saturated rings. The number of nitro groups is 1. The van der Waals surface area contributed by atoms with Crippen LogP contribution in [0.5, 0.6) is 11.5 Å². The first-order valence-electron chi connectivity index (χ1n) is 4.92. The van der Waals surface area contributed by atoms with Gasteiger partial charge in [0.1, 0.15) is 0 Å².